The van der Waals surface area contributed by atoms with Crippen molar-refractivity contribution in [2.75, 3.05) is 0 Å². The van der Waals surface area contributed by atoms with Crippen LogP contribution in [0, 0.1) is 0 Å². The van der Waals surface area contributed by atoms with Gasteiger partial charge in [0.2, 0.25) is 0 Å². The zero-order valence-corrected chi connectivity index (χ0v) is 8.74. The summed E-state index contributed by atoms with van der Waals surface area (Å²) in [4.78, 5) is 19.0. The normalized spacial score (nSPS) is 12.3. The number of carboxylic acid groups (broad SMARTS) is 1. The minimum Gasteiger partial charge on any atom is -0.481 e. The molecule has 0 saturated heterocycles. The third-order valence-electron chi connectivity index (χ3n) is 2.33. The van der Waals surface area contributed by atoms with Gasteiger partial charge in [0.1, 0.15) is 12.1 Å². The molecular weight excluding hydrogens is 206 g/mol. The third-order valence-corrected chi connectivity index (χ3v) is 2.33. The molecule has 0 saturated carbocycles. The standard InChI is InChI=1S/C11H11N3O2/c1-8(11(15)16)9-6-14(7-13-9)10-4-2-3-5-12-10/h2-8H,1H3,(H,15,16). The molecule has 0 aliphatic carbocycles. The Morgan fingerprint density at radius 2 is 2.25 bits per heavy atom. The summed E-state index contributed by atoms with van der Waals surface area (Å²) in [6, 6.07) is 5.51. The number of pyridine rings is 1. The quantitative estimate of drug-likeness (QED) is 0.845. The fraction of sp³-hybridized carbons (Fsp3) is 0.182. The van der Waals surface area contributed by atoms with Crippen LogP contribution in [-0.2, 0) is 4.79 Å². The molecule has 1 N–H and O–H groups in total. The number of imidazole rings is 1. The zero-order valence-electron chi connectivity index (χ0n) is 8.74. The average Bonchev–Trinajstić information content (AvgIpc) is 2.78. The highest BCUT2D eigenvalue weighted by Crippen LogP contribution is 2.14. The number of aliphatic carboxylic acids is 1. The maximum atomic E-state index is 10.8. The van der Waals surface area contributed by atoms with Crippen LogP contribution in [0.3, 0.4) is 0 Å². The van der Waals surface area contributed by atoms with Crippen molar-refractivity contribution in [1.29, 1.82) is 0 Å². The molecule has 16 heavy (non-hydrogen) atoms. The topological polar surface area (TPSA) is 68.0 Å². The van der Waals surface area contributed by atoms with Crippen LogP contribution in [0.2, 0.25) is 0 Å². The van der Waals surface area contributed by atoms with Crippen LogP contribution in [-0.4, -0.2) is 25.6 Å². The van der Waals surface area contributed by atoms with Crippen molar-refractivity contribution in [2.24, 2.45) is 0 Å². The van der Waals surface area contributed by atoms with Crippen LogP contribution in [0.5, 0.6) is 0 Å². The van der Waals surface area contributed by atoms with Gasteiger partial charge in [-0.05, 0) is 19.1 Å². The lowest BCUT2D eigenvalue weighted by Crippen LogP contribution is -2.07. The number of hydrogen-bond donors (Lipinski definition) is 1. The molecule has 2 aromatic rings. The Kier molecular flexibility index (Phi) is 2.68. The summed E-state index contributed by atoms with van der Waals surface area (Å²) in [6.07, 6.45) is 4.92. The number of carboxylic acids is 1. The van der Waals surface area contributed by atoms with Crippen molar-refractivity contribution in [1.82, 2.24) is 14.5 Å². The van der Waals surface area contributed by atoms with Gasteiger partial charge < -0.3 is 5.11 Å². The SMILES string of the molecule is CC(C(=O)O)c1cn(-c2ccccn2)cn1. The van der Waals surface area contributed by atoms with Gasteiger partial charge in [0.15, 0.2) is 0 Å². The molecule has 2 rings (SSSR count). The van der Waals surface area contributed by atoms with Crippen molar-refractivity contribution in [2.45, 2.75) is 12.8 Å². The number of rotatable bonds is 3. The zero-order chi connectivity index (χ0) is 11.5. The second kappa shape index (κ2) is 4.14. The first-order valence-electron chi connectivity index (χ1n) is 4.86. The summed E-state index contributed by atoms with van der Waals surface area (Å²) in [6.45, 7) is 1.60. The van der Waals surface area contributed by atoms with Gasteiger partial charge >= 0.3 is 5.97 Å². The van der Waals surface area contributed by atoms with Crippen LogP contribution in [0.1, 0.15) is 18.5 Å². The highest BCUT2D eigenvalue weighted by molar-refractivity contribution is 5.74. The molecule has 1 atom stereocenters. The largest absolute Gasteiger partial charge is 0.481 e. The van der Waals surface area contributed by atoms with Crippen LogP contribution >= 0.6 is 0 Å². The van der Waals surface area contributed by atoms with E-state index in [-0.39, 0.29) is 0 Å². The van der Waals surface area contributed by atoms with Gasteiger partial charge in [0.25, 0.3) is 0 Å². The molecule has 5 nitrogen and oxygen atoms in total. The molecule has 5 heteroatoms. The lowest BCUT2D eigenvalue weighted by Gasteiger charge is -2.01. The molecular formula is C11H11N3O2. The van der Waals surface area contributed by atoms with E-state index in [4.69, 9.17) is 5.11 Å². The first-order valence-corrected chi connectivity index (χ1v) is 4.86. The lowest BCUT2D eigenvalue weighted by molar-refractivity contribution is -0.138. The van der Waals surface area contributed by atoms with Gasteiger partial charge in [-0.3, -0.25) is 9.36 Å². The molecule has 0 aliphatic rings. The van der Waals surface area contributed by atoms with Crippen molar-refractivity contribution in [3.8, 4) is 5.82 Å². The maximum absolute atomic E-state index is 10.8. The summed E-state index contributed by atoms with van der Waals surface area (Å²) >= 11 is 0. The van der Waals surface area contributed by atoms with E-state index in [1.165, 1.54) is 0 Å². The first kappa shape index (κ1) is 10.4. The summed E-state index contributed by atoms with van der Waals surface area (Å²) in [5.74, 6) is -0.768. The van der Waals surface area contributed by atoms with E-state index in [2.05, 4.69) is 9.97 Å². The highest BCUT2D eigenvalue weighted by atomic mass is 16.4. The van der Waals surface area contributed by atoms with Gasteiger partial charge in [-0.15, -0.1) is 0 Å². The van der Waals surface area contributed by atoms with E-state index in [1.807, 2.05) is 18.2 Å². The Morgan fingerprint density at radius 3 is 2.88 bits per heavy atom. The van der Waals surface area contributed by atoms with Gasteiger partial charge in [-0.25, -0.2) is 9.97 Å². The molecule has 2 aromatic heterocycles. The molecule has 2 heterocycles. The van der Waals surface area contributed by atoms with Gasteiger partial charge in [-0.1, -0.05) is 6.07 Å². The van der Waals surface area contributed by atoms with Crippen molar-refractivity contribution in [3.63, 3.8) is 0 Å². The first-order chi connectivity index (χ1) is 7.68. The van der Waals surface area contributed by atoms with E-state index in [9.17, 15) is 4.79 Å². The molecule has 0 spiro atoms. The molecule has 0 amide bonds. The van der Waals surface area contributed by atoms with Gasteiger partial charge in [-0.2, -0.15) is 0 Å². The minimum atomic E-state index is -0.883. The Balaban J connectivity index is 2.30. The maximum Gasteiger partial charge on any atom is 0.312 e. The molecule has 82 valence electrons. The fourth-order valence-corrected chi connectivity index (χ4v) is 1.32. The Labute approximate surface area is 92.4 Å². The number of nitrogens with zero attached hydrogens (tertiary/aromatic N) is 3. The predicted octanol–water partition coefficient (Wildman–Crippen LogP) is 1.46. The number of hydrogen-bond acceptors (Lipinski definition) is 3. The fourth-order valence-electron chi connectivity index (χ4n) is 1.32. The smallest absolute Gasteiger partial charge is 0.312 e. The van der Waals surface area contributed by atoms with E-state index in [1.54, 1.807) is 30.2 Å². The monoisotopic (exact) mass is 217 g/mol. The number of carbonyl (C=O) groups is 1. The van der Waals surface area contributed by atoms with Crippen LogP contribution in [0.25, 0.3) is 5.82 Å². The third kappa shape index (κ3) is 1.93. The number of aromatic nitrogens is 3. The predicted molar refractivity (Wildman–Crippen MR) is 57.4 cm³/mol. The van der Waals surface area contributed by atoms with Gasteiger partial charge in [0, 0.05) is 12.4 Å². The highest BCUT2D eigenvalue weighted by Gasteiger charge is 2.16. The molecule has 0 aromatic carbocycles. The Morgan fingerprint density at radius 1 is 1.44 bits per heavy atom. The summed E-state index contributed by atoms with van der Waals surface area (Å²) < 4.78 is 1.70. The average molecular weight is 217 g/mol. The molecule has 0 bridgehead atoms. The van der Waals surface area contributed by atoms with Crippen molar-refractivity contribution in [3.05, 3.63) is 42.6 Å². The summed E-state index contributed by atoms with van der Waals surface area (Å²) in [7, 11) is 0. The molecule has 0 aliphatic heterocycles. The van der Waals surface area contributed by atoms with E-state index in [0.717, 1.165) is 5.82 Å². The van der Waals surface area contributed by atoms with E-state index in [0.29, 0.717) is 5.69 Å². The van der Waals surface area contributed by atoms with Gasteiger partial charge in [0.05, 0.1) is 11.6 Å². The minimum absolute atomic E-state index is 0.526. The van der Waals surface area contributed by atoms with Crippen LogP contribution in [0.15, 0.2) is 36.9 Å². The summed E-state index contributed by atoms with van der Waals surface area (Å²) in [5, 5.41) is 8.85. The van der Waals surface area contributed by atoms with Crippen molar-refractivity contribution < 1.29 is 9.90 Å². The molecule has 0 radical (unpaired) electrons. The van der Waals surface area contributed by atoms with E-state index < -0.39 is 11.9 Å². The second-order valence-corrected chi connectivity index (χ2v) is 3.45. The van der Waals surface area contributed by atoms with Crippen LogP contribution in [0.4, 0.5) is 0 Å². The van der Waals surface area contributed by atoms with Crippen molar-refractivity contribution >= 4 is 5.97 Å². The summed E-state index contributed by atoms with van der Waals surface area (Å²) in [5.41, 5.74) is 0.526. The Bertz CT molecular complexity index is 493. The van der Waals surface area contributed by atoms with Crippen LogP contribution < -0.4 is 0 Å². The van der Waals surface area contributed by atoms with E-state index >= 15 is 0 Å². The second-order valence-electron chi connectivity index (χ2n) is 3.45. The lowest BCUT2D eigenvalue weighted by atomic mass is 10.1. The molecule has 1 unspecified atom stereocenters. The molecule has 0 fully saturated rings. The Hall–Kier alpha value is -2.17.